The van der Waals surface area contributed by atoms with Crippen molar-refractivity contribution >= 4 is 51.9 Å². The van der Waals surface area contributed by atoms with Crippen molar-refractivity contribution in [2.45, 2.75) is 57.0 Å². The summed E-state index contributed by atoms with van der Waals surface area (Å²) in [5.41, 5.74) is 7.45. The van der Waals surface area contributed by atoms with Gasteiger partial charge in [0, 0.05) is 78.3 Å². The van der Waals surface area contributed by atoms with Gasteiger partial charge >= 0.3 is 0 Å². The Morgan fingerprint density at radius 3 is 2.36 bits per heavy atom. The highest BCUT2D eigenvalue weighted by atomic mass is 35.5. The van der Waals surface area contributed by atoms with Gasteiger partial charge in [-0.1, -0.05) is 67.4 Å². The Morgan fingerprint density at radius 1 is 0.964 bits per heavy atom. The Bertz CT molecular complexity index is 1960. The molecule has 4 aromatic rings. The number of nitrogens with zero attached hydrogens (tertiary/aromatic N) is 4. The summed E-state index contributed by atoms with van der Waals surface area (Å²) in [7, 11) is 4.05. The van der Waals surface area contributed by atoms with Gasteiger partial charge in [0.1, 0.15) is 5.69 Å². The second kappa shape index (κ2) is 19.2. The maximum atomic E-state index is 13.2. The van der Waals surface area contributed by atoms with E-state index in [1.165, 1.54) is 17.6 Å². The van der Waals surface area contributed by atoms with E-state index in [2.05, 4.69) is 63.4 Å². The summed E-state index contributed by atoms with van der Waals surface area (Å²) >= 11 is 7.94. The van der Waals surface area contributed by atoms with E-state index in [0.717, 1.165) is 79.9 Å². The Kier molecular flexibility index (Phi) is 14.2. The van der Waals surface area contributed by atoms with Gasteiger partial charge in [-0.3, -0.25) is 19.8 Å². The number of carbonyl (C=O) groups is 1. The molecule has 0 unspecified atom stereocenters. The van der Waals surface area contributed by atoms with Gasteiger partial charge in [-0.05, 0) is 123 Å². The number of carbonyl (C=O) groups excluding carboxylic acids is 1. The van der Waals surface area contributed by atoms with Crippen LogP contribution in [0.3, 0.4) is 0 Å². The van der Waals surface area contributed by atoms with Gasteiger partial charge in [0.15, 0.2) is 0 Å². The molecule has 1 aliphatic heterocycles. The minimum atomic E-state index is -0.355. The number of rotatable bonds is 16. The Balaban J connectivity index is 1.02. The molecule has 1 heterocycles. The molecule has 1 aliphatic carbocycles. The number of benzene rings is 4. The van der Waals surface area contributed by atoms with Crippen molar-refractivity contribution in [1.29, 1.82) is 0 Å². The van der Waals surface area contributed by atoms with E-state index in [9.17, 15) is 14.9 Å². The van der Waals surface area contributed by atoms with E-state index in [-0.39, 0.29) is 29.1 Å². The number of anilines is 2. The minimum absolute atomic E-state index is 0.00191. The molecule has 296 valence electrons. The smallest absolute Gasteiger partial charge is 0.292 e. The number of piperazine rings is 1. The van der Waals surface area contributed by atoms with E-state index >= 15 is 0 Å². The maximum absolute atomic E-state index is 13.2. The number of hydrogen-bond donors (Lipinski definition) is 2. The molecule has 11 heteroatoms. The van der Waals surface area contributed by atoms with Crippen LogP contribution >= 0.6 is 23.4 Å². The van der Waals surface area contributed by atoms with Gasteiger partial charge in [0.05, 0.1) is 4.92 Å². The third-order valence-electron chi connectivity index (χ3n) is 10.8. The van der Waals surface area contributed by atoms with Crippen LogP contribution in [0.1, 0.15) is 61.0 Å². The predicted molar refractivity (Wildman–Crippen MR) is 233 cm³/mol. The highest BCUT2D eigenvalue weighted by molar-refractivity contribution is 7.99. The zero-order valence-corrected chi connectivity index (χ0v) is 34.7. The van der Waals surface area contributed by atoms with Crippen LogP contribution in [0, 0.1) is 15.5 Å². The van der Waals surface area contributed by atoms with Gasteiger partial charge in [-0.15, -0.1) is 11.8 Å². The van der Waals surface area contributed by atoms with Crippen LogP contribution in [0.2, 0.25) is 5.02 Å². The third-order valence-corrected chi connectivity index (χ3v) is 12.3. The summed E-state index contributed by atoms with van der Waals surface area (Å²) in [4.78, 5) is 33.3. The molecule has 2 N–H and O–H groups in total. The van der Waals surface area contributed by atoms with Crippen LogP contribution in [0.25, 0.3) is 5.57 Å². The van der Waals surface area contributed by atoms with Gasteiger partial charge < -0.3 is 20.4 Å². The van der Waals surface area contributed by atoms with Crippen molar-refractivity contribution in [1.82, 2.24) is 15.1 Å². The van der Waals surface area contributed by atoms with Crippen molar-refractivity contribution in [3.63, 3.8) is 0 Å². The van der Waals surface area contributed by atoms with Crippen LogP contribution < -0.4 is 15.5 Å². The van der Waals surface area contributed by atoms with Crippen LogP contribution in [0.15, 0.2) is 108 Å². The molecule has 1 atom stereocenters. The Labute approximate surface area is 341 Å². The Hall–Kier alpha value is -4.35. The second-order valence-corrected chi connectivity index (χ2v) is 17.6. The molecule has 9 nitrogen and oxygen atoms in total. The van der Waals surface area contributed by atoms with Gasteiger partial charge in [0.2, 0.25) is 0 Å². The minimum Gasteiger partial charge on any atom is -0.376 e. The fourth-order valence-corrected chi connectivity index (χ4v) is 8.73. The summed E-state index contributed by atoms with van der Waals surface area (Å²) in [6, 6.07) is 31.4. The monoisotopic (exact) mass is 794 g/mol. The summed E-state index contributed by atoms with van der Waals surface area (Å²) < 4.78 is 0. The lowest BCUT2D eigenvalue weighted by molar-refractivity contribution is -0.384. The topological polar surface area (TPSA) is 94.0 Å². The normalized spacial score (nSPS) is 16.5. The molecule has 0 spiro atoms. The van der Waals surface area contributed by atoms with E-state index < -0.39 is 0 Å². The number of nitrogens with one attached hydrogen (secondary N) is 2. The third kappa shape index (κ3) is 11.6. The first-order chi connectivity index (χ1) is 26.9. The van der Waals surface area contributed by atoms with E-state index in [4.69, 9.17) is 11.6 Å². The first-order valence-corrected chi connectivity index (χ1v) is 21.0. The molecule has 4 aromatic carbocycles. The van der Waals surface area contributed by atoms with E-state index in [0.29, 0.717) is 22.2 Å². The van der Waals surface area contributed by atoms with Crippen molar-refractivity contribution in [3.8, 4) is 0 Å². The molecule has 2 aliphatic rings. The molecular formula is C45H55ClN6O3S. The lowest BCUT2D eigenvalue weighted by Crippen LogP contribution is -2.47. The van der Waals surface area contributed by atoms with Gasteiger partial charge in [-0.25, -0.2) is 0 Å². The average Bonchev–Trinajstić information content (AvgIpc) is 3.19. The number of nitro groups is 1. The first-order valence-electron chi connectivity index (χ1n) is 19.6. The molecule has 0 saturated carbocycles. The standard InChI is InChI=1S/C45H55ClN6O3S/c1-45(2)22-20-41(34-11-15-37(46)16-12-34)36(29-45)31-50-24-26-51(27-25-50)39-17-13-35(14-18-39)44(53)47-30-33-10-19-42(43(28-33)52(54)55)48-38(21-23-49(3)4)32-56-40-8-6-5-7-9-40/h5-19,28,38,48H,20-27,29-32H2,1-4H3,(H,47,53)/t38-/m1/s1. The molecule has 0 aromatic heterocycles. The van der Waals surface area contributed by atoms with Gasteiger partial charge in [0.25, 0.3) is 11.6 Å². The second-order valence-electron chi connectivity index (χ2n) is 16.1. The van der Waals surface area contributed by atoms with E-state index in [1.807, 2.05) is 74.8 Å². The van der Waals surface area contributed by atoms with Crippen molar-refractivity contribution in [2.75, 3.05) is 69.3 Å². The summed E-state index contributed by atoms with van der Waals surface area (Å²) in [5.74, 6) is 0.555. The Morgan fingerprint density at radius 2 is 1.68 bits per heavy atom. The van der Waals surface area contributed by atoms with Crippen molar-refractivity contribution in [3.05, 3.63) is 134 Å². The number of halogens is 1. The summed E-state index contributed by atoms with van der Waals surface area (Å²) in [6.45, 7) is 10.6. The first kappa shape index (κ1) is 41.3. The van der Waals surface area contributed by atoms with Gasteiger partial charge in [-0.2, -0.15) is 0 Å². The number of amides is 1. The maximum Gasteiger partial charge on any atom is 0.292 e. The fraction of sp³-hybridized carbons (Fsp3) is 0.400. The molecule has 1 amide bonds. The number of nitro benzene ring substituents is 1. The number of allylic oxidation sites excluding steroid dienone is 1. The average molecular weight is 795 g/mol. The predicted octanol–water partition coefficient (Wildman–Crippen LogP) is 9.49. The van der Waals surface area contributed by atoms with Crippen molar-refractivity contribution in [2.24, 2.45) is 5.41 Å². The van der Waals surface area contributed by atoms with Crippen LogP contribution in [-0.2, 0) is 6.54 Å². The molecular weight excluding hydrogens is 740 g/mol. The molecule has 56 heavy (non-hydrogen) atoms. The zero-order chi connectivity index (χ0) is 39.7. The highest BCUT2D eigenvalue weighted by Gasteiger charge is 2.29. The van der Waals surface area contributed by atoms with Crippen LogP contribution in [0.4, 0.5) is 17.1 Å². The zero-order valence-electron chi connectivity index (χ0n) is 33.1. The van der Waals surface area contributed by atoms with E-state index in [1.54, 1.807) is 29.5 Å². The number of thioether (sulfide) groups is 1. The number of hydrogen-bond acceptors (Lipinski definition) is 8. The molecule has 1 fully saturated rings. The SMILES string of the molecule is CN(C)CC[C@H](CSc1ccccc1)Nc1ccc(CNC(=O)c2ccc(N3CCN(CC4=C(c5ccc(Cl)cc5)CCC(C)(C)C4)CC3)cc2)cc1[N+](=O)[O-]. The van der Waals surface area contributed by atoms with Crippen LogP contribution in [-0.4, -0.2) is 85.8 Å². The van der Waals surface area contributed by atoms with Crippen LogP contribution in [0.5, 0.6) is 0 Å². The molecule has 0 radical (unpaired) electrons. The largest absolute Gasteiger partial charge is 0.376 e. The van der Waals surface area contributed by atoms with Crippen molar-refractivity contribution < 1.29 is 9.72 Å². The summed E-state index contributed by atoms with van der Waals surface area (Å²) in [5, 5.41) is 19.4. The lowest BCUT2D eigenvalue weighted by atomic mass is 9.73. The molecule has 0 bridgehead atoms. The summed E-state index contributed by atoms with van der Waals surface area (Å²) in [6.07, 6.45) is 4.24. The fourth-order valence-electron chi connectivity index (χ4n) is 7.61. The quantitative estimate of drug-likeness (QED) is 0.0659. The molecule has 6 rings (SSSR count). The lowest BCUT2D eigenvalue weighted by Gasteiger charge is -2.39. The highest BCUT2D eigenvalue weighted by Crippen LogP contribution is 2.43. The molecule has 1 saturated heterocycles.